The van der Waals surface area contributed by atoms with E-state index in [0.29, 0.717) is 0 Å². The van der Waals surface area contributed by atoms with Crippen LogP contribution < -0.4 is 10.2 Å². The number of hydrogen-bond donors (Lipinski definition) is 1. The molecule has 0 atom stereocenters. The summed E-state index contributed by atoms with van der Waals surface area (Å²) in [5.74, 6) is 0.213. The number of nitrogens with zero attached hydrogens (tertiary/aromatic N) is 2. The molecule has 1 aliphatic heterocycles. The first kappa shape index (κ1) is 17.0. The highest BCUT2D eigenvalue weighted by Gasteiger charge is 2.26. The van der Waals surface area contributed by atoms with Gasteiger partial charge in [0.2, 0.25) is 5.91 Å². The lowest BCUT2D eigenvalue weighted by molar-refractivity contribution is -0.120. The molecule has 0 bridgehead atoms. The summed E-state index contributed by atoms with van der Waals surface area (Å²) in [6, 6.07) is 16.4. The second-order valence-electron chi connectivity index (χ2n) is 6.77. The Kier molecular flexibility index (Phi) is 4.89. The van der Waals surface area contributed by atoms with Gasteiger partial charge < -0.3 is 10.2 Å². The van der Waals surface area contributed by atoms with Crippen molar-refractivity contribution < 1.29 is 4.79 Å². The molecule has 26 heavy (non-hydrogen) atoms. The Morgan fingerprint density at radius 2 is 1.88 bits per heavy atom. The van der Waals surface area contributed by atoms with Crippen LogP contribution in [0.1, 0.15) is 25.3 Å². The molecule has 1 saturated heterocycles. The maximum atomic E-state index is 12.6. The largest absolute Gasteiger partial charge is 0.348 e. The van der Waals surface area contributed by atoms with E-state index >= 15 is 0 Å². The Labute approximate surface area is 157 Å². The van der Waals surface area contributed by atoms with Crippen molar-refractivity contribution in [1.82, 2.24) is 4.98 Å². The normalized spacial score (nSPS) is 15.3. The standard InChI is InChI=1S/C21H23N3OS/c1-2-15-7-9-17(10-8-15)22-20(25)16-11-13-24(14-12-16)21-23-18-5-3-4-6-19(18)26-21/h3-10,16H,2,11-14H2,1H3,(H,22,25). The summed E-state index contributed by atoms with van der Waals surface area (Å²) in [6.07, 6.45) is 2.75. The first-order valence-corrected chi connectivity index (χ1v) is 10.0. The maximum absolute atomic E-state index is 12.6. The van der Waals surface area contributed by atoms with Gasteiger partial charge in [-0.2, -0.15) is 0 Å². The molecular weight excluding hydrogens is 342 g/mol. The van der Waals surface area contributed by atoms with Crippen molar-refractivity contribution in [3.63, 3.8) is 0 Å². The Morgan fingerprint density at radius 3 is 2.58 bits per heavy atom. The molecule has 5 heteroatoms. The number of amides is 1. The number of rotatable bonds is 4. The molecular formula is C21H23N3OS. The van der Waals surface area contributed by atoms with Crippen LogP contribution in [0.15, 0.2) is 48.5 Å². The van der Waals surface area contributed by atoms with E-state index in [1.807, 2.05) is 24.3 Å². The topological polar surface area (TPSA) is 45.2 Å². The zero-order chi connectivity index (χ0) is 17.9. The van der Waals surface area contributed by atoms with Crippen LogP contribution >= 0.6 is 11.3 Å². The molecule has 3 aromatic rings. The van der Waals surface area contributed by atoms with Crippen molar-refractivity contribution in [3.8, 4) is 0 Å². The van der Waals surface area contributed by atoms with Gasteiger partial charge in [-0.25, -0.2) is 4.98 Å². The quantitative estimate of drug-likeness (QED) is 0.728. The number of fused-ring (bicyclic) bond motifs is 1. The number of para-hydroxylation sites is 1. The van der Waals surface area contributed by atoms with Crippen LogP contribution in [0.2, 0.25) is 0 Å². The minimum absolute atomic E-state index is 0.0754. The van der Waals surface area contributed by atoms with Gasteiger partial charge in [-0.15, -0.1) is 0 Å². The fraction of sp³-hybridized carbons (Fsp3) is 0.333. The molecule has 2 aromatic carbocycles. The molecule has 1 N–H and O–H groups in total. The molecule has 4 rings (SSSR count). The van der Waals surface area contributed by atoms with Gasteiger partial charge in [0, 0.05) is 24.7 Å². The maximum Gasteiger partial charge on any atom is 0.227 e. The molecule has 0 saturated carbocycles. The monoisotopic (exact) mass is 365 g/mol. The van der Waals surface area contributed by atoms with E-state index in [-0.39, 0.29) is 11.8 Å². The van der Waals surface area contributed by atoms with Crippen LogP contribution in [0.25, 0.3) is 10.2 Å². The average Bonchev–Trinajstić information content (AvgIpc) is 3.13. The fourth-order valence-electron chi connectivity index (χ4n) is 3.40. The molecule has 0 aliphatic carbocycles. The third kappa shape index (κ3) is 3.58. The fourth-order valence-corrected chi connectivity index (χ4v) is 4.41. The van der Waals surface area contributed by atoms with E-state index in [0.717, 1.165) is 48.7 Å². The number of piperidine rings is 1. The lowest BCUT2D eigenvalue weighted by Gasteiger charge is -2.31. The highest BCUT2D eigenvalue weighted by molar-refractivity contribution is 7.22. The smallest absolute Gasteiger partial charge is 0.227 e. The zero-order valence-corrected chi connectivity index (χ0v) is 15.8. The number of anilines is 2. The lowest BCUT2D eigenvalue weighted by atomic mass is 9.96. The first-order valence-electron chi connectivity index (χ1n) is 9.23. The van der Waals surface area contributed by atoms with E-state index < -0.39 is 0 Å². The summed E-state index contributed by atoms with van der Waals surface area (Å²) in [4.78, 5) is 19.6. The van der Waals surface area contributed by atoms with Crippen molar-refractivity contribution in [2.24, 2.45) is 5.92 Å². The summed E-state index contributed by atoms with van der Waals surface area (Å²) in [5.41, 5.74) is 3.23. The molecule has 2 heterocycles. The summed E-state index contributed by atoms with van der Waals surface area (Å²) in [6.45, 7) is 3.90. The summed E-state index contributed by atoms with van der Waals surface area (Å²) >= 11 is 1.73. The molecule has 4 nitrogen and oxygen atoms in total. The van der Waals surface area contributed by atoms with Crippen LogP contribution in [-0.4, -0.2) is 24.0 Å². The van der Waals surface area contributed by atoms with Gasteiger partial charge in [-0.05, 0) is 49.1 Å². The van der Waals surface area contributed by atoms with Crippen LogP contribution in [0.4, 0.5) is 10.8 Å². The van der Waals surface area contributed by atoms with Gasteiger partial charge in [0.05, 0.1) is 10.2 Å². The van der Waals surface area contributed by atoms with E-state index in [4.69, 9.17) is 4.98 Å². The van der Waals surface area contributed by atoms with Crippen molar-refractivity contribution in [2.75, 3.05) is 23.3 Å². The highest BCUT2D eigenvalue weighted by Crippen LogP contribution is 2.31. The van der Waals surface area contributed by atoms with Crippen molar-refractivity contribution in [3.05, 3.63) is 54.1 Å². The number of nitrogens with one attached hydrogen (secondary N) is 1. The number of thiazole rings is 1. The van der Waals surface area contributed by atoms with Crippen LogP contribution in [0.5, 0.6) is 0 Å². The number of carbonyl (C=O) groups is 1. The van der Waals surface area contributed by atoms with Crippen LogP contribution in [0, 0.1) is 5.92 Å². The summed E-state index contributed by atoms with van der Waals surface area (Å²) in [5, 5.41) is 4.14. The molecule has 0 radical (unpaired) electrons. The third-order valence-electron chi connectivity index (χ3n) is 5.05. The van der Waals surface area contributed by atoms with E-state index in [1.54, 1.807) is 11.3 Å². The highest BCUT2D eigenvalue weighted by atomic mass is 32.1. The Balaban J connectivity index is 1.35. The van der Waals surface area contributed by atoms with Gasteiger partial charge in [0.15, 0.2) is 5.13 Å². The lowest BCUT2D eigenvalue weighted by Crippen LogP contribution is -2.38. The van der Waals surface area contributed by atoms with Crippen molar-refractivity contribution >= 4 is 38.3 Å². The average molecular weight is 366 g/mol. The van der Waals surface area contributed by atoms with Gasteiger partial charge in [-0.3, -0.25) is 4.79 Å². The van der Waals surface area contributed by atoms with E-state index in [2.05, 4.69) is 41.4 Å². The van der Waals surface area contributed by atoms with Crippen molar-refractivity contribution in [1.29, 1.82) is 0 Å². The molecule has 1 aromatic heterocycles. The van der Waals surface area contributed by atoms with E-state index in [9.17, 15) is 4.79 Å². The summed E-state index contributed by atoms with van der Waals surface area (Å²) < 4.78 is 1.22. The number of aryl methyl sites for hydroxylation is 1. The second-order valence-corrected chi connectivity index (χ2v) is 7.77. The number of aromatic nitrogens is 1. The first-order chi connectivity index (χ1) is 12.7. The molecule has 0 unspecified atom stereocenters. The molecule has 1 aliphatic rings. The molecule has 134 valence electrons. The Morgan fingerprint density at radius 1 is 1.15 bits per heavy atom. The predicted octanol–water partition coefficient (Wildman–Crippen LogP) is 4.71. The van der Waals surface area contributed by atoms with Crippen molar-refractivity contribution in [2.45, 2.75) is 26.2 Å². The Bertz CT molecular complexity index is 862. The third-order valence-corrected chi connectivity index (χ3v) is 6.15. The number of carbonyl (C=O) groups excluding carboxylic acids is 1. The van der Waals surface area contributed by atoms with Gasteiger partial charge in [-0.1, -0.05) is 42.5 Å². The predicted molar refractivity (Wildman–Crippen MR) is 109 cm³/mol. The minimum atomic E-state index is 0.0754. The summed E-state index contributed by atoms with van der Waals surface area (Å²) in [7, 11) is 0. The van der Waals surface area contributed by atoms with E-state index in [1.165, 1.54) is 10.3 Å². The second kappa shape index (κ2) is 7.46. The molecule has 1 fully saturated rings. The van der Waals surface area contributed by atoms with Gasteiger partial charge in [0.1, 0.15) is 0 Å². The molecule has 1 amide bonds. The Hall–Kier alpha value is -2.40. The number of benzene rings is 2. The van der Waals surface area contributed by atoms with Gasteiger partial charge >= 0.3 is 0 Å². The number of hydrogen-bond acceptors (Lipinski definition) is 4. The zero-order valence-electron chi connectivity index (χ0n) is 14.9. The van der Waals surface area contributed by atoms with Gasteiger partial charge in [0.25, 0.3) is 0 Å². The molecule has 0 spiro atoms. The van der Waals surface area contributed by atoms with Crippen LogP contribution in [-0.2, 0) is 11.2 Å². The van der Waals surface area contributed by atoms with Crippen LogP contribution in [0.3, 0.4) is 0 Å². The SMILES string of the molecule is CCc1ccc(NC(=O)C2CCN(c3nc4ccccc4s3)CC2)cc1. The minimum Gasteiger partial charge on any atom is -0.348 e.